The van der Waals surface area contributed by atoms with E-state index in [0.29, 0.717) is 0 Å². The molecule has 0 aromatic heterocycles. The molecule has 0 heterocycles. The monoisotopic (exact) mass is 271 g/mol. The Hall–Kier alpha value is 0.100. The molecule has 0 saturated carbocycles. The van der Waals surface area contributed by atoms with Crippen LogP contribution in [0.3, 0.4) is 0 Å². The van der Waals surface area contributed by atoms with Crippen LogP contribution in [0.25, 0.3) is 0 Å². The van der Waals surface area contributed by atoms with Crippen LogP contribution in [0.1, 0.15) is 45.4 Å². The van der Waals surface area contributed by atoms with E-state index in [1.807, 2.05) is 11.8 Å². The lowest BCUT2D eigenvalue weighted by Gasteiger charge is -2.22. The molecule has 0 aromatic carbocycles. The SMILES string of the molecule is CCCN(CCCCCCS)CCC(F)(F)F. The van der Waals surface area contributed by atoms with Crippen LogP contribution >= 0.6 is 12.6 Å². The molecule has 0 rings (SSSR count). The molecule has 5 heteroatoms. The summed E-state index contributed by atoms with van der Waals surface area (Å²) in [6, 6.07) is 0. The lowest BCUT2D eigenvalue weighted by molar-refractivity contribution is -0.138. The van der Waals surface area contributed by atoms with E-state index < -0.39 is 12.6 Å². The van der Waals surface area contributed by atoms with E-state index in [0.717, 1.165) is 50.9 Å². The second kappa shape index (κ2) is 10.1. The van der Waals surface area contributed by atoms with Crippen LogP contribution in [0.5, 0.6) is 0 Å². The highest BCUT2D eigenvalue weighted by atomic mass is 32.1. The first-order valence-corrected chi connectivity index (χ1v) is 7.02. The van der Waals surface area contributed by atoms with Crippen molar-refractivity contribution in [1.82, 2.24) is 4.90 Å². The molecule has 0 atom stereocenters. The second-order valence-corrected chi connectivity index (χ2v) is 4.79. The van der Waals surface area contributed by atoms with E-state index in [9.17, 15) is 13.2 Å². The third kappa shape index (κ3) is 12.3. The lowest BCUT2D eigenvalue weighted by Crippen LogP contribution is -2.30. The first kappa shape index (κ1) is 17.1. The summed E-state index contributed by atoms with van der Waals surface area (Å²) in [4.78, 5) is 1.92. The molecule has 0 aliphatic heterocycles. The van der Waals surface area contributed by atoms with Crippen molar-refractivity contribution in [1.29, 1.82) is 0 Å². The van der Waals surface area contributed by atoms with E-state index >= 15 is 0 Å². The summed E-state index contributed by atoms with van der Waals surface area (Å²) >= 11 is 4.13. The predicted molar refractivity (Wildman–Crippen MR) is 69.7 cm³/mol. The second-order valence-electron chi connectivity index (χ2n) is 4.34. The van der Waals surface area contributed by atoms with Crippen LogP contribution in [-0.2, 0) is 0 Å². The molecule has 1 nitrogen and oxygen atoms in total. The average molecular weight is 271 g/mol. The molecule has 17 heavy (non-hydrogen) atoms. The Bertz CT molecular complexity index is 174. The van der Waals surface area contributed by atoms with Crippen LogP contribution in [0.4, 0.5) is 13.2 Å². The topological polar surface area (TPSA) is 3.24 Å². The van der Waals surface area contributed by atoms with E-state index in [1.54, 1.807) is 0 Å². The molecule has 0 unspecified atom stereocenters. The molecule has 0 aromatic rings. The highest BCUT2D eigenvalue weighted by Crippen LogP contribution is 2.20. The summed E-state index contributed by atoms with van der Waals surface area (Å²) in [6.45, 7) is 3.70. The molecular formula is C12H24F3NS. The number of halogens is 3. The van der Waals surface area contributed by atoms with E-state index in [-0.39, 0.29) is 6.54 Å². The quantitative estimate of drug-likeness (QED) is 0.461. The van der Waals surface area contributed by atoms with Crippen molar-refractivity contribution >= 4 is 12.6 Å². The third-order valence-electron chi connectivity index (χ3n) is 2.63. The minimum absolute atomic E-state index is 0.143. The number of hydrogen-bond acceptors (Lipinski definition) is 2. The molecule has 0 aliphatic rings. The van der Waals surface area contributed by atoms with Crippen molar-refractivity contribution in [2.24, 2.45) is 0 Å². The van der Waals surface area contributed by atoms with E-state index in [1.165, 1.54) is 0 Å². The highest BCUT2D eigenvalue weighted by molar-refractivity contribution is 7.80. The van der Waals surface area contributed by atoms with Gasteiger partial charge in [0.25, 0.3) is 0 Å². The van der Waals surface area contributed by atoms with Gasteiger partial charge in [0.05, 0.1) is 6.42 Å². The smallest absolute Gasteiger partial charge is 0.303 e. The summed E-state index contributed by atoms with van der Waals surface area (Å²) in [5.41, 5.74) is 0. The maximum Gasteiger partial charge on any atom is 0.390 e. The van der Waals surface area contributed by atoms with Crippen molar-refractivity contribution in [3.63, 3.8) is 0 Å². The first-order chi connectivity index (χ1) is 7.99. The lowest BCUT2D eigenvalue weighted by atomic mass is 10.2. The van der Waals surface area contributed by atoms with Crippen LogP contribution in [0.2, 0.25) is 0 Å². The highest BCUT2D eigenvalue weighted by Gasteiger charge is 2.27. The largest absolute Gasteiger partial charge is 0.390 e. The van der Waals surface area contributed by atoms with Gasteiger partial charge >= 0.3 is 6.18 Å². The minimum Gasteiger partial charge on any atom is -0.303 e. The molecule has 0 fully saturated rings. The van der Waals surface area contributed by atoms with Crippen molar-refractivity contribution in [3.8, 4) is 0 Å². The standard InChI is InChI=1S/C12H24F3NS/c1-2-8-16(10-7-12(13,14)15)9-5-3-4-6-11-17/h17H,2-11H2,1H3. The minimum atomic E-state index is -4.03. The summed E-state index contributed by atoms with van der Waals surface area (Å²) in [5, 5.41) is 0. The van der Waals surface area contributed by atoms with Crippen LogP contribution in [0, 0.1) is 0 Å². The van der Waals surface area contributed by atoms with Crippen LogP contribution in [0.15, 0.2) is 0 Å². The fraction of sp³-hybridized carbons (Fsp3) is 1.00. The Kier molecular flexibility index (Phi) is 10.1. The zero-order valence-electron chi connectivity index (χ0n) is 10.6. The fourth-order valence-electron chi connectivity index (χ4n) is 1.74. The van der Waals surface area contributed by atoms with Crippen molar-refractivity contribution in [2.75, 3.05) is 25.4 Å². The number of rotatable bonds is 10. The fourth-order valence-corrected chi connectivity index (χ4v) is 1.96. The Morgan fingerprint density at radius 3 is 2.12 bits per heavy atom. The van der Waals surface area contributed by atoms with E-state index in [2.05, 4.69) is 12.6 Å². The average Bonchev–Trinajstić information content (AvgIpc) is 2.24. The molecule has 104 valence electrons. The predicted octanol–water partition coefficient (Wildman–Crippen LogP) is 4.14. The van der Waals surface area contributed by atoms with Gasteiger partial charge in [-0.05, 0) is 38.1 Å². The van der Waals surface area contributed by atoms with E-state index in [4.69, 9.17) is 0 Å². The third-order valence-corrected chi connectivity index (χ3v) is 2.95. The van der Waals surface area contributed by atoms with Gasteiger partial charge in [0, 0.05) is 6.54 Å². The molecule has 0 saturated heterocycles. The molecule has 0 amide bonds. The summed E-state index contributed by atoms with van der Waals surface area (Å²) in [6.07, 6.45) is 0.497. The van der Waals surface area contributed by atoms with Gasteiger partial charge in [-0.1, -0.05) is 19.8 Å². The zero-order valence-corrected chi connectivity index (χ0v) is 11.5. The molecule has 0 radical (unpaired) electrons. The van der Waals surface area contributed by atoms with Crippen molar-refractivity contribution in [2.45, 2.75) is 51.6 Å². The Labute approximate surface area is 108 Å². The van der Waals surface area contributed by atoms with Gasteiger partial charge in [-0.2, -0.15) is 25.8 Å². The van der Waals surface area contributed by atoms with Crippen LogP contribution in [-0.4, -0.2) is 36.5 Å². The van der Waals surface area contributed by atoms with Gasteiger partial charge in [-0.15, -0.1) is 0 Å². The Morgan fingerprint density at radius 1 is 0.941 bits per heavy atom. The summed E-state index contributed by atoms with van der Waals surface area (Å²) in [5.74, 6) is 0.896. The summed E-state index contributed by atoms with van der Waals surface area (Å²) in [7, 11) is 0. The summed E-state index contributed by atoms with van der Waals surface area (Å²) < 4.78 is 36.3. The zero-order chi connectivity index (χ0) is 13.1. The number of unbranched alkanes of at least 4 members (excludes halogenated alkanes) is 3. The van der Waals surface area contributed by atoms with Crippen molar-refractivity contribution in [3.05, 3.63) is 0 Å². The number of thiol groups is 1. The maximum absolute atomic E-state index is 12.1. The van der Waals surface area contributed by atoms with Gasteiger partial charge in [0.2, 0.25) is 0 Å². The molecule has 0 N–H and O–H groups in total. The van der Waals surface area contributed by atoms with Gasteiger partial charge in [-0.3, -0.25) is 0 Å². The Morgan fingerprint density at radius 2 is 1.59 bits per heavy atom. The first-order valence-electron chi connectivity index (χ1n) is 6.39. The van der Waals surface area contributed by atoms with Gasteiger partial charge in [-0.25, -0.2) is 0 Å². The van der Waals surface area contributed by atoms with Crippen LogP contribution < -0.4 is 0 Å². The van der Waals surface area contributed by atoms with Gasteiger partial charge in [0.15, 0.2) is 0 Å². The van der Waals surface area contributed by atoms with Gasteiger partial charge < -0.3 is 4.90 Å². The molecule has 0 bridgehead atoms. The molecule has 0 aliphatic carbocycles. The number of hydrogen-bond donors (Lipinski definition) is 1. The van der Waals surface area contributed by atoms with Crippen molar-refractivity contribution < 1.29 is 13.2 Å². The normalized spacial score (nSPS) is 12.4. The van der Waals surface area contributed by atoms with Gasteiger partial charge in [0.1, 0.15) is 0 Å². The number of alkyl halides is 3. The number of nitrogens with zero attached hydrogens (tertiary/aromatic N) is 1. The Balaban J connectivity index is 3.67. The maximum atomic E-state index is 12.1. The molecular weight excluding hydrogens is 247 g/mol. The molecule has 0 spiro atoms.